The molecule has 0 aromatic carbocycles. The molecule has 1 aliphatic carbocycles. The molecule has 0 radical (unpaired) electrons. The second kappa shape index (κ2) is 1.94. The maximum Gasteiger partial charge on any atom is 0.204 e. The molecule has 52 valence electrons. The van der Waals surface area contributed by atoms with Crippen molar-refractivity contribution in [3.63, 3.8) is 0 Å². The van der Waals surface area contributed by atoms with Gasteiger partial charge in [0, 0.05) is 12.8 Å². The normalized spacial score (nSPS) is 32.0. The Morgan fingerprint density at radius 3 is 2.44 bits per heavy atom. The van der Waals surface area contributed by atoms with Gasteiger partial charge in [-0.25, -0.2) is 4.89 Å². The van der Waals surface area contributed by atoms with Gasteiger partial charge < -0.3 is 4.74 Å². The van der Waals surface area contributed by atoms with Crippen LogP contribution in [0.4, 0.5) is 0 Å². The van der Waals surface area contributed by atoms with Gasteiger partial charge in [-0.05, 0) is 12.8 Å². The van der Waals surface area contributed by atoms with Crippen LogP contribution in [0.1, 0.15) is 25.7 Å². The van der Waals surface area contributed by atoms with Crippen LogP contribution in [0.5, 0.6) is 0 Å². The lowest BCUT2D eigenvalue weighted by Gasteiger charge is -2.15. The third kappa shape index (κ3) is 0.852. The van der Waals surface area contributed by atoms with Crippen LogP contribution in [0.15, 0.2) is 0 Å². The molecule has 0 N–H and O–H groups in total. The molecule has 0 aromatic rings. The van der Waals surface area contributed by atoms with Crippen molar-refractivity contribution in [1.82, 2.24) is 0 Å². The summed E-state index contributed by atoms with van der Waals surface area (Å²) in [5.41, 5.74) is 0. The third-order valence-corrected chi connectivity index (χ3v) is 1.95. The first kappa shape index (κ1) is 5.65. The van der Waals surface area contributed by atoms with Gasteiger partial charge in [0.25, 0.3) is 0 Å². The molecule has 2 fully saturated rings. The Morgan fingerprint density at radius 2 is 1.89 bits per heavy atom. The zero-order chi connectivity index (χ0) is 6.16. The SMILES string of the molecule is C1CCC2(C1)OCOO2. The minimum atomic E-state index is -0.333. The van der Waals surface area contributed by atoms with E-state index in [2.05, 4.69) is 4.89 Å². The molecule has 3 heteroatoms. The van der Waals surface area contributed by atoms with Crippen LogP contribution in [0.3, 0.4) is 0 Å². The van der Waals surface area contributed by atoms with E-state index < -0.39 is 0 Å². The summed E-state index contributed by atoms with van der Waals surface area (Å²) in [5.74, 6) is -0.333. The van der Waals surface area contributed by atoms with Gasteiger partial charge in [0.2, 0.25) is 5.79 Å². The molecule has 0 amide bonds. The van der Waals surface area contributed by atoms with Crippen molar-refractivity contribution in [2.24, 2.45) is 0 Å². The van der Waals surface area contributed by atoms with Crippen LogP contribution >= 0.6 is 0 Å². The zero-order valence-electron chi connectivity index (χ0n) is 5.26. The first-order chi connectivity index (χ1) is 4.41. The maximum atomic E-state index is 5.26. The van der Waals surface area contributed by atoms with Crippen LogP contribution in [0.25, 0.3) is 0 Å². The second-order valence-corrected chi connectivity index (χ2v) is 2.58. The molecule has 1 aliphatic heterocycles. The molecule has 0 aromatic heterocycles. The van der Waals surface area contributed by atoms with Crippen molar-refractivity contribution in [2.45, 2.75) is 31.5 Å². The summed E-state index contributed by atoms with van der Waals surface area (Å²) >= 11 is 0. The molecule has 2 aliphatic rings. The van der Waals surface area contributed by atoms with E-state index in [1.54, 1.807) is 0 Å². The van der Waals surface area contributed by atoms with E-state index in [1.807, 2.05) is 0 Å². The average Bonchev–Trinajstić information content (AvgIpc) is 2.45. The van der Waals surface area contributed by atoms with Gasteiger partial charge in [-0.1, -0.05) is 0 Å². The highest BCUT2D eigenvalue weighted by molar-refractivity contribution is 4.76. The van der Waals surface area contributed by atoms with E-state index in [1.165, 1.54) is 12.8 Å². The van der Waals surface area contributed by atoms with Crippen molar-refractivity contribution in [1.29, 1.82) is 0 Å². The fourth-order valence-electron chi connectivity index (χ4n) is 1.43. The Kier molecular flexibility index (Phi) is 1.22. The van der Waals surface area contributed by atoms with Crippen LogP contribution in [0.2, 0.25) is 0 Å². The van der Waals surface area contributed by atoms with E-state index in [9.17, 15) is 0 Å². The standard InChI is InChI=1S/C6H10O3/c1-2-4-6(3-1)7-5-8-9-6/h1-5H2. The summed E-state index contributed by atoms with van der Waals surface area (Å²) in [7, 11) is 0. The van der Waals surface area contributed by atoms with Gasteiger partial charge in [-0.2, -0.15) is 4.89 Å². The molecular weight excluding hydrogens is 120 g/mol. The van der Waals surface area contributed by atoms with Crippen molar-refractivity contribution in [3.8, 4) is 0 Å². The van der Waals surface area contributed by atoms with Crippen LogP contribution in [-0.2, 0) is 14.5 Å². The topological polar surface area (TPSA) is 27.7 Å². The molecule has 1 saturated heterocycles. The van der Waals surface area contributed by atoms with Gasteiger partial charge >= 0.3 is 0 Å². The summed E-state index contributed by atoms with van der Waals surface area (Å²) in [6, 6.07) is 0. The molecule has 2 rings (SSSR count). The summed E-state index contributed by atoms with van der Waals surface area (Å²) in [6.45, 7) is 0.306. The van der Waals surface area contributed by atoms with E-state index in [0.29, 0.717) is 6.79 Å². The maximum absolute atomic E-state index is 5.26. The highest BCUT2D eigenvalue weighted by Crippen LogP contribution is 2.37. The quantitative estimate of drug-likeness (QED) is 0.461. The molecule has 0 atom stereocenters. The number of hydrogen-bond donors (Lipinski definition) is 0. The fourth-order valence-corrected chi connectivity index (χ4v) is 1.43. The van der Waals surface area contributed by atoms with E-state index in [-0.39, 0.29) is 5.79 Å². The highest BCUT2D eigenvalue weighted by Gasteiger charge is 2.41. The van der Waals surface area contributed by atoms with Gasteiger partial charge in [-0.3, -0.25) is 0 Å². The number of ether oxygens (including phenoxy) is 1. The first-order valence-electron chi connectivity index (χ1n) is 3.36. The first-order valence-corrected chi connectivity index (χ1v) is 3.36. The lowest BCUT2D eigenvalue weighted by molar-refractivity contribution is -0.318. The van der Waals surface area contributed by atoms with E-state index >= 15 is 0 Å². The number of rotatable bonds is 0. The van der Waals surface area contributed by atoms with Crippen molar-refractivity contribution >= 4 is 0 Å². The summed E-state index contributed by atoms with van der Waals surface area (Å²) in [6.07, 6.45) is 4.38. The monoisotopic (exact) mass is 130 g/mol. The molecule has 0 unspecified atom stereocenters. The summed E-state index contributed by atoms with van der Waals surface area (Å²) in [4.78, 5) is 9.64. The van der Waals surface area contributed by atoms with Gasteiger partial charge in [-0.15, -0.1) is 0 Å². The Morgan fingerprint density at radius 1 is 1.11 bits per heavy atom. The molecule has 0 bridgehead atoms. The lowest BCUT2D eigenvalue weighted by Crippen LogP contribution is -2.24. The number of hydrogen-bond acceptors (Lipinski definition) is 3. The van der Waals surface area contributed by atoms with Crippen LogP contribution in [0, 0.1) is 0 Å². The Bertz CT molecular complexity index is 83.4. The van der Waals surface area contributed by atoms with Gasteiger partial charge in [0.15, 0.2) is 6.79 Å². The molecule has 3 nitrogen and oxygen atoms in total. The third-order valence-electron chi connectivity index (χ3n) is 1.95. The van der Waals surface area contributed by atoms with E-state index in [4.69, 9.17) is 9.62 Å². The molecule has 1 spiro atoms. The molecule has 9 heavy (non-hydrogen) atoms. The second-order valence-electron chi connectivity index (χ2n) is 2.58. The molecule has 1 saturated carbocycles. The fraction of sp³-hybridized carbons (Fsp3) is 1.00. The molecule has 1 heterocycles. The minimum absolute atomic E-state index is 0.306. The molecular formula is C6H10O3. The van der Waals surface area contributed by atoms with Crippen LogP contribution in [-0.4, -0.2) is 12.6 Å². The largest absolute Gasteiger partial charge is 0.318 e. The van der Waals surface area contributed by atoms with E-state index in [0.717, 1.165) is 12.8 Å². The Labute approximate surface area is 53.8 Å². The van der Waals surface area contributed by atoms with Gasteiger partial charge in [0.1, 0.15) is 0 Å². The Balaban J connectivity index is 2.04. The van der Waals surface area contributed by atoms with Crippen molar-refractivity contribution in [3.05, 3.63) is 0 Å². The Hall–Kier alpha value is -0.120. The van der Waals surface area contributed by atoms with Crippen LogP contribution < -0.4 is 0 Å². The summed E-state index contributed by atoms with van der Waals surface area (Å²) < 4.78 is 5.26. The average molecular weight is 130 g/mol. The summed E-state index contributed by atoms with van der Waals surface area (Å²) in [5, 5.41) is 0. The predicted octanol–water partition coefficient (Wildman–Crippen LogP) is 1.19. The van der Waals surface area contributed by atoms with Crippen molar-refractivity contribution < 1.29 is 14.5 Å². The van der Waals surface area contributed by atoms with Crippen molar-refractivity contribution in [2.75, 3.05) is 6.79 Å². The van der Waals surface area contributed by atoms with Gasteiger partial charge in [0.05, 0.1) is 0 Å². The smallest absolute Gasteiger partial charge is 0.204 e. The minimum Gasteiger partial charge on any atom is -0.318 e. The lowest BCUT2D eigenvalue weighted by atomic mass is 10.2. The zero-order valence-corrected chi connectivity index (χ0v) is 5.26. The predicted molar refractivity (Wildman–Crippen MR) is 29.3 cm³/mol. The highest BCUT2D eigenvalue weighted by atomic mass is 17.3.